The van der Waals surface area contributed by atoms with Gasteiger partial charge in [-0.2, -0.15) is 4.98 Å². The van der Waals surface area contributed by atoms with Crippen LogP contribution in [0, 0.1) is 0 Å². The minimum atomic E-state index is -0.00274. The Labute approximate surface area is 85.3 Å². The minimum Gasteiger partial charge on any atom is -0.504 e. The highest BCUT2D eigenvalue weighted by atomic mass is 16.5. The van der Waals surface area contributed by atoms with Crippen molar-refractivity contribution in [3.63, 3.8) is 0 Å². The fourth-order valence-corrected chi connectivity index (χ4v) is 1.17. The van der Waals surface area contributed by atoms with Crippen LogP contribution in [0.1, 0.15) is 0 Å². The molecule has 0 aliphatic heterocycles. The Bertz CT molecular complexity index is 481. The van der Waals surface area contributed by atoms with Gasteiger partial charge in [0.1, 0.15) is 0 Å². The third-order valence-electron chi connectivity index (χ3n) is 1.88. The maximum atomic E-state index is 9.37. The first-order chi connectivity index (χ1) is 7.20. The summed E-state index contributed by atoms with van der Waals surface area (Å²) in [4.78, 5) is 3.85. The summed E-state index contributed by atoms with van der Waals surface area (Å²) in [5, 5.41) is 13.0. The number of phenolic OH excluding ortho intramolecular Hbond substituents is 1. The van der Waals surface area contributed by atoms with Crippen LogP contribution in [0.25, 0.3) is 11.4 Å². The van der Waals surface area contributed by atoms with E-state index in [0.29, 0.717) is 17.1 Å². The van der Waals surface area contributed by atoms with Gasteiger partial charge in [0.25, 0.3) is 0 Å². The van der Waals surface area contributed by atoms with Gasteiger partial charge in [-0.15, -0.1) is 0 Å². The normalized spacial score (nSPS) is 10.2. The van der Waals surface area contributed by atoms with E-state index < -0.39 is 0 Å². The lowest BCUT2D eigenvalue weighted by molar-refractivity contribution is 0.373. The van der Waals surface area contributed by atoms with Gasteiger partial charge in [-0.05, 0) is 18.2 Å². The van der Waals surface area contributed by atoms with Gasteiger partial charge >= 0.3 is 6.01 Å². The van der Waals surface area contributed by atoms with Gasteiger partial charge in [-0.3, -0.25) is 0 Å². The van der Waals surface area contributed by atoms with Crippen molar-refractivity contribution in [3.05, 3.63) is 18.2 Å². The lowest BCUT2D eigenvalue weighted by Gasteiger charge is -2.03. The Hall–Kier alpha value is -2.24. The molecule has 0 aliphatic rings. The predicted molar refractivity (Wildman–Crippen MR) is 52.4 cm³/mol. The second-order valence-electron chi connectivity index (χ2n) is 2.84. The number of rotatable bonds is 2. The maximum Gasteiger partial charge on any atom is 0.319 e. The van der Waals surface area contributed by atoms with E-state index in [1.54, 1.807) is 12.1 Å². The molecule has 0 spiro atoms. The van der Waals surface area contributed by atoms with Crippen LogP contribution in [0.15, 0.2) is 22.7 Å². The number of nitrogens with zero attached hydrogens (tertiary/aromatic N) is 2. The largest absolute Gasteiger partial charge is 0.504 e. The molecule has 0 bridgehead atoms. The molecule has 78 valence electrons. The van der Waals surface area contributed by atoms with Crippen molar-refractivity contribution < 1.29 is 14.4 Å². The van der Waals surface area contributed by atoms with Crippen LogP contribution in [0.4, 0.5) is 6.01 Å². The van der Waals surface area contributed by atoms with Gasteiger partial charge in [0, 0.05) is 5.56 Å². The summed E-state index contributed by atoms with van der Waals surface area (Å²) in [5.74, 6) is 0.749. The zero-order valence-electron chi connectivity index (χ0n) is 7.97. The number of anilines is 1. The Balaban J connectivity index is 2.45. The monoisotopic (exact) mass is 207 g/mol. The highest BCUT2D eigenvalue weighted by Crippen LogP contribution is 2.30. The van der Waals surface area contributed by atoms with Crippen LogP contribution >= 0.6 is 0 Å². The molecule has 3 N–H and O–H groups in total. The molecule has 1 heterocycles. The number of hydrogen-bond donors (Lipinski definition) is 2. The van der Waals surface area contributed by atoms with Crippen LogP contribution in [0.3, 0.4) is 0 Å². The van der Waals surface area contributed by atoms with Crippen LogP contribution in [-0.4, -0.2) is 22.4 Å². The average molecular weight is 207 g/mol. The molecule has 1 aromatic carbocycles. The number of benzene rings is 1. The third kappa shape index (κ3) is 1.69. The van der Waals surface area contributed by atoms with Crippen molar-refractivity contribution in [2.45, 2.75) is 0 Å². The number of methoxy groups -OCH3 is 1. The molecule has 0 saturated carbocycles. The van der Waals surface area contributed by atoms with Crippen molar-refractivity contribution >= 4 is 6.01 Å². The maximum absolute atomic E-state index is 9.37. The van der Waals surface area contributed by atoms with E-state index in [2.05, 4.69) is 14.7 Å². The number of nitrogens with two attached hydrogens (primary N) is 1. The second kappa shape index (κ2) is 3.49. The molecule has 0 atom stereocenters. The molecule has 6 heteroatoms. The van der Waals surface area contributed by atoms with E-state index in [-0.39, 0.29) is 11.8 Å². The second-order valence-corrected chi connectivity index (χ2v) is 2.84. The highest BCUT2D eigenvalue weighted by Gasteiger charge is 2.09. The molecular weight excluding hydrogens is 198 g/mol. The fourth-order valence-electron chi connectivity index (χ4n) is 1.17. The van der Waals surface area contributed by atoms with Gasteiger partial charge in [-0.25, -0.2) is 0 Å². The van der Waals surface area contributed by atoms with Crippen molar-refractivity contribution in [3.8, 4) is 22.9 Å². The summed E-state index contributed by atoms with van der Waals surface area (Å²) < 4.78 is 9.58. The quantitative estimate of drug-likeness (QED) is 0.763. The summed E-state index contributed by atoms with van der Waals surface area (Å²) in [7, 11) is 1.46. The molecule has 0 radical (unpaired) electrons. The van der Waals surface area contributed by atoms with Crippen LogP contribution in [-0.2, 0) is 0 Å². The number of ether oxygens (including phenoxy) is 1. The van der Waals surface area contributed by atoms with Crippen molar-refractivity contribution in [2.24, 2.45) is 0 Å². The Kier molecular flexibility index (Phi) is 2.17. The van der Waals surface area contributed by atoms with Gasteiger partial charge in [0.05, 0.1) is 7.11 Å². The first-order valence-corrected chi connectivity index (χ1v) is 4.17. The predicted octanol–water partition coefficient (Wildman–Crippen LogP) is 1.03. The van der Waals surface area contributed by atoms with Gasteiger partial charge in [0.15, 0.2) is 11.5 Å². The van der Waals surface area contributed by atoms with Crippen LogP contribution in [0.2, 0.25) is 0 Å². The summed E-state index contributed by atoms with van der Waals surface area (Å²) >= 11 is 0. The van der Waals surface area contributed by atoms with Gasteiger partial charge in [-0.1, -0.05) is 5.16 Å². The number of aromatic nitrogens is 2. The number of hydrogen-bond acceptors (Lipinski definition) is 6. The van der Waals surface area contributed by atoms with Crippen LogP contribution in [0.5, 0.6) is 11.5 Å². The topological polar surface area (TPSA) is 94.4 Å². The summed E-state index contributed by atoms with van der Waals surface area (Å²) in [6, 6.07) is 4.72. The van der Waals surface area contributed by atoms with E-state index >= 15 is 0 Å². The summed E-state index contributed by atoms with van der Waals surface area (Å²) in [5.41, 5.74) is 5.95. The zero-order chi connectivity index (χ0) is 10.8. The van der Waals surface area contributed by atoms with Gasteiger partial charge < -0.3 is 20.1 Å². The van der Waals surface area contributed by atoms with Crippen LogP contribution < -0.4 is 10.5 Å². The lowest BCUT2D eigenvalue weighted by atomic mass is 10.2. The molecule has 0 unspecified atom stereocenters. The molecular formula is C9H9N3O3. The lowest BCUT2D eigenvalue weighted by Crippen LogP contribution is -1.87. The smallest absolute Gasteiger partial charge is 0.319 e. The Morgan fingerprint density at radius 1 is 1.47 bits per heavy atom. The minimum absolute atomic E-state index is 0.00274. The highest BCUT2D eigenvalue weighted by molar-refractivity contribution is 5.60. The Morgan fingerprint density at radius 3 is 2.87 bits per heavy atom. The molecule has 0 saturated heterocycles. The van der Waals surface area contributed by atoms with Gasteiger partial charge in [0.2, 0.25) is 5.82 Å². The molecule has 0 aliphatic carbocycles. The molecule has 6 nitrogen and oxygen atoms in total. The number of aromatic hydroxyl groups is 1. The van der Waals surface area contributed by atoms with E-state index in [1.165, 1.54) is 13.2 Å². The van der Waals surface area contributed by atoms with Crippen molar-refractivity contribution in [1.82, 2.24) is 10.1 Å². The average Bonchev–Trinajstić information content (AvgIpc) is 2.66. The first-order valence-electron chi connectivity index (χ1n) is 4.17. The van der Waals surface area contributed by atoms with Crippen molar-refractivity contribution in [1.29, 1.82) is 0 Å². The summed E-state index contributed by atoms with van der Waals surface area (Å²) in [6.45, 7) is 0. The van der Waals surface area contributed by atoms with Crippen molar-refractivity contribution in [2.75, 3.05) is 12.8 Å². The zero-order valence-corrected chi connectivity index (χ0v) is 7.97. The molecule has 1 aromatic heterocycles. The fraction of sp³-hybridized carbons (Fsp3) is 0.111. The molecule has 15 heavy (non-hydrogen) atoms. The summed E-state index contributed by atoms with van der Waals surface area (Å²) in [6.07, 6.45) is 0. The van der Waals surface area contributed by atoms with E-state index in [4.69, 9.17) is 10.5 Å². The third-order valence-corrected chi connectivity index (χ3v) is 1.88. The van der Waals surface area contributed by atoms with E-state index in [0.717, 1.165) is 0 Å². The Morgan fingerprint density at radius 2 is 2.27 bits per heavy atom. The number of phenols is 1. The van der Waals surface area contributed by atoms with E-state index in [1.807, 2.05) is 0 Å². The standard InChI is InChI=1S/C9H9N3O3/c1-14-7-4-5(2-3-6(7)13)8-11-9(10)15-12-8/h2-4,13H,1H3,(H2,10,11,12). The number of nitrogen functional groups attached to an aromatic ring is 1. The molecule has 0 fully saturated rings. The first kappa shape index (κ1) is 9.32. The van der Waals surface area contributed by atoms with E-state index in [9.17, 15) is 5.11 Å². The SMILES string of the molecule is COc1cc(-c2noc(N)n2)ccc1O. The molecule has 0 amide bonds. The molecule has 2 aromatic rings. The molecule has 2 rings (SSSR count).